The summed E-state index contributed by atoms with van der Waals surface area (Å²) >= 11 is 7.88. The number of carbonyl (C=O) groups excluding carboxylic acids is 1. The number of nitrogens with one attached hydrogen (secondary N) is 3. The van der Waals surface area contributed by atoms with Crippen molar-refractivity contribution >= 4 is 49.8 Å². The Hall–Kier alpha value is -3.12. The number of hydrogen-bond donors (Lipinski definition) is 3. The molecule has 3 aromatic carbocycles. The van der Waals surface area contributed by atoms with Gasteiger partial charge in [0.1, 0.15) is 0 Å². The summed E-state index contributed by atoms with van der Waals surface area (Å²) in [7, 11) is 0. The van der Waals surface area contributed by atoms with E-state index in [9.17, 15) is 4.79 Å². The van der Waals surface area contributed by atoms with Gasteiger partial charge in [0.15, 0.2) is 0 Å². The van der Waals surface area contributed by atoms with Crippen LogP contribution in [0.15, 0.2) is 85.1 Å². The predicted octanol–water partition coefficient (Wildman–Crippen LogP) is 6.61. The summed E-state index contributed by atoms with van der Waals surface area (Å²) in [6.45, 7) is 2.63. The van der Waals surface area contributed by atoms with Crippen LogP contribution in [0.1, 0.15) is 29.0 Å². The first-order valence-corrected chi connectivity index (χ1v) is 12.6. The van der Waals surface area contributed by atoms with Crippen LogP contribution in [-0.4, -0.2) is 16.9 Å². The Bertz CT molecular complexity index is 1430. The third-order valence-corrected chi connectivity index (χ3v) is 7.48. The number of amides is 1. The lowest BCUT2D eigenvalue weighted by atomic mass is 10.0. The summed E-state index contributed by atoms with van der Waals surface area (Å²) in [5, 5.41) is 9.73. The van der Waals surface area contributed by atoms with E-state index in [1.807, 2.05) is 73.8 Å². The second-order valence-electron chi connectivity index (χ2n) is 8.53. The number of aromatic amines is 1. The highest BCUT2D eigenvalue weighted by atomic mass is 35.5. The maximum absolute atomic E-state index is 13.4. The Morgan fingerprint density at radius 3 is 2.68 bits per heavy atom. The van der Waals surface area contributed by atoms with Crippen LogP contribution >= 0.6 is 22.9 Å². The molecule has 0 radical (unpaired) electrons. The molecule has 0 saturated heterocycles. The zero-order valence-electron chi connectivity index (χ0n) is 18.8. The summed E-state index contributed by atoms with van der Waals surface area (Å²) in [6, 6.07) is 25.9. The van der Waals surface area contributed by atoms with Gasteiger partial charge in [0.25, 0.3) is 0 Å². The van der Waals surface area contributed by atoms with Gasteiger partial charge in [-0.05, 0) is 60.2 Å². The van der Waals surface area contributed by atoms with E-state index in [0.717, 1.165) is 32.4 Å². The van der Waals surface area contributed by atoms with Crippen molar-refractivity contribution in [2.24, 2.45) is 0 Å². The van der Waals surface area contributed by atoms with E-state index < -0.39 is 0 Å². The summed E-state index contributed by atoms with van der Waals surface area (Å²) < 4.78 is 1.19. The topological polar surface area (TPSA) is 56.9 Å². The maximum atomic E-state index is 13.4. The molecule has 2 aromatic heterocycles. The second kappa shape index (κ2) is 10.0. The van der Waals surface area contributed by atoms with Crippen LogP contribution in [0, 0.1) is 0 Å². The number of fused-ring (bicyclic) bond motifs is 2. The zero-order chi connectivity index (χ0) is 23.5. The molecule has 0 aliphatic heterocycles. The van der Waals surface area contributed by atoms with Crippen molar-refractivity contribution in [1.82, 2.24) is 15.6 Å². The molecule has 0 fully saturated rings. The minimum Gasteiger partial charge on any atom is -0.361 e. The van der Waals surface area contributed by atoms with Crippen LogP contribution in [-0.2, 0) is 17.8 Å². The zero-order valence-corrected chi connectivity index (χ0v) is 20.4. The van der Waals surface area contributed by atoms with E-state index in [1.165, 1.54) is 9.58 Å². The number of para-hydroxylation sites is 1. The fraction of sp³-hybridized carbons (Fsp3) is 0.179. The van der Waals surface area contributed by atoms with E-state index in [1.54, 1.807) is 11.3 Å². The van der Waals surface area contributed by atoms with Crippen LogP contribution in [0.2, 0.25) is 5.02 Å². The molecule has 1 amide bonds. The van der Waals surface area contributed by atoms with Gasteiger partial charge in [-0.25, -0.2) is 0 Å². The van der Waals surface area contributed by atoms with Crippen molar-refractivity contribution < 1.29 is 4.79 Å². The summed E-state index contributed by atoms with van der Waals surface area (Å²) in [5.41, 5.74) is 3.29. The van der Waals surface area contributed by atoms with Crippen molar-refractivity contribution in [3.05, 3.63) is 106 Å². The van der Waals surface area contributed by atoms with Crippen LogP contribution in [0.25, 0.3) is 21.0 Å². The smallest absolute Gasteiger partial charge is 0.237 e. The largest absolute Gasteiger partial charge is 0.361 e. The van der Waals surface area contributed by atoms with Gasteiger partial charge >= 0.3 is 0 Å². The molecule has 2 heterocycles. The van der Waals surface area contributed by atoms with E-state index >= 15 is 0 Å². The molecule has 3 N–H and O–H groups in total. The molecule has 0 aliphatic carbocycles. The van der Waals surface area contributed by atoms with Gasteiger partial charge in [-0.2, -0.15) is 0 Å². The van der Waals surface area contributed by atoms with Gasteiger partial charge < -0.3 is 15.6 Å². The highest BCUT2D eigenvalue weighted by Crippen LogP contribution is 2.28. The van der Waals surface area contributed by atoms with Gasteiger partial charge in [0.2, 0.25) is 5.91 Å². The molecule has 5 aromatic rings. The van der Waals surface area contributed by atoms with Gasteiger partial charge in [-0.15, -0.1) is 11.3 Å². The number of thiophene rings is 1. The lowest BCUT2D eigenvalue weighted by Crippen LogP contribution is -2.46. The number of rotatable bonds is 8. The SMILES string of the molecule is C[C@H](NC(=O)C(Cc1c[nH]c2ccccc12)NCc1cc2cc(Cl)ccc2s1)c1ccccc1. The molecule has 5 rings (SSSR count). The fourth-order valence-electron chi connectivity index (χ4n) is 4.30. The van der Waals surface area contributed by atoms with Crippen LogP contribution in [0.5, 0.6) is 0 Å². The highest BCUT2D eigenvalue weighted by molar-refractivity contribution is 7.19. The first-order chi connectivity index (χ1) is 16.6. The van der Waals surface area contributed by atoms with E-state index in [0.29, 0.717) is 13.0 Å². The molecule has 0 aliphatic rings. The highest BCUT2D eigenvalue weighted by Gasteiger charge is 2.22. The van der Waals surface area contributed by atoms with Crippen molar-refractivity contribution in [2.45, 2.75) is 32.0 Å². The van der Waals surface area contributed by atoms with Gasteiger partial charge in [-0.3, -0.25) is 4.79 Å². The molecule has 34 heavy (non-hydrogen) atoms. The first-order valence-electron chi connectivity index (χ1n) is 11.4. The van der Waals surface area contributed by atoms with E-state index in [2.05, 4.69) is 33.8 Å². The van der Waals surface area contributed by atoms with Crippen molar-refractivity contribution in [3.8, 4) is 0 Å². The standard InChI is InChI=1S/C28H26ClN3OS/c1-18(19-7-3-2-4-8-19)32-28(33)26(15-21-16-30-25-10-6-5-9-24(21)25)31-17-23-14-20-13-22(29)11-12-27(20)34-23/h2-14,16,18,26,30-31H,15,17H2,1H3,(H,32,33)/t18-,26?/m0/s1. The molecule has 0 saturated carbocycles. The lowest BCUT2D eigenvalue weighted by Gasteiger charge is -2.21. The van der Waals surface area contributed by atoms with Crippen molar-refractivity contribution in [1.29, 1.82) is 0 Å². The molecule has 6 heteroatoms. The third-order valence-electron chi connectivity index (χ3n) is 6.13. The summed E-state index contributed by atoms with van der Waals surface area (Å²) in [4.78, 5) is 17.9. The molecular formula is C28H26ClN3OS. The minimum absolute atomic E-state index is 0.00853. The number of hydrogen-bond acceptors (Lipinski definition) is 3. The number of H-pyrrole nitrogens is 1. The predicted molar refractivity (Wildman–Crippen MR) is 142 cm³/mol. The molecular weight excluding hydrogens is 462 g/mol. The second-order valence-corrected chi connectivity index (χ2v) is 10.1. The molecule has 0 spiro atoms. The van der Waals surface area contributed by atoms with Crippen LogP contribution in [0.4, 0.5) is 0 Å². The van der Waals surface area contributed by atoms with E-state index in [4.69, 9.17) is 11.6 Å². The fourth-order valence-corrected chi connectivity index (χ4v) is 5.47. The number of halogens is 1. The quantitative estimate of drug-likeness (QED) is 0.230. The monoisotopic (exact) mass is 487 g/mol. The van der Waals surface area contributed by atoms with Gasteiger partial charge in [0.05, 0.1) is 12.1 Å². The Morgan fingerprint density at radius 2 is 1.82 bits per heavy atom. The average Bonchev–Trinajstić information content (AvgIpc) is 3.45. The van der Waals surface area contributed by atoms with Crippen LogP contribution in [0.3, 0.4) is 0 Å². The number of aromatic nitrogens is 1. The molecule has 1 unspecified atom stereocenters. The van der Waals surface area contributed by atoms with Crippen molar-refractivity contribution in [2.75, 3.05) is 0 Å². The number of benzene rings is 3. The van der Waals surface area contributed by atoms with E-state index in [-0.39, 0.29) is 18.0 Å². The van der Waals surface area contributed by atoms with Crippen molar-refractivity contribution in [3.63, 3.8) is 0 Å². The van der Waals surface area contributed by atoms with Gasteiger partial charge in [-0.1, -0.05) is 60.1 Å². The molecule has 172 valence electrons. The summed E-state index contributed by atoms with van der Waals surface area (Å²) in [6.07, 6.45) is 2.60. The Morgan fingerprint density at radius 1 is 1.03 bits per heavy atom. The normalized spacial score (nSPS) is 13.2. The Labute approximate surface area is 208 Å². The lowest BCUT2D eigenvalue weighted by molar-refractivity contribution is -0.123. The summed E-state index contributed by atoms with van der Waals surface area (Å²) in [5.74, 6) is -0.00853. The molecule has 4 nitrogen and oxygen atoms in total. The Balaban J connectivity index is 1.36. The van der Waals surface area contributed by atoms with Crippen LogP contribution < -0.4 is 10.6 Å². The Kier molecular flexibility index (Phi) is 6.68. The first kappa shape index (κ1) is 22.7. The number of carbonyl (C=O) groups is 1. The molecule has 2 atom stereocenters. The third kappa shape index (κ3) is 5.02. The maximum Gasteiger partial charge on any atom is 0.237 e. The minimum atomic E-state index is -0.376. The molecule has 0 bridgehead atoms. The average molecular weight is 488 g/mol. The van der Waals surface area contributed by atoms with Gasteiger partial charge in [0, 0.05) is 38.2 Å².